The molecule has 28 heavy (non-hydrogen) atoms. The fourth-order valence-corrected chi connectivity index (χ4v) is 6.90. The van der Waals surface area contributed by atoms with Crippen molar-refractivity contribution in [2.75, 3.05) is 6.61 Å². The Bertz CT molecular complexity index is 541. The van der Waals surface area contributed by atoms with Crippen LogP contribution in [-0.4, -0.2) is 30.2 Å². The summed E-state index contributed by atoms with van der Waals surface area (Å²) >= 11 is 0. The Morgan fingerprint density at radius 1 is 0.964 bits per heavy atom. The Hall–Kier alpha value is -1.26. The van der Waals surface area contributed by atoms with Crippen LogP contribution < -0.4 is 10.6 Å². The molecular formula is C23H38N2O3. The van der Waals surface area contributed by atoms with E-state index >= 15 is 0 Å². The number of ether oxygens (including phenoxy) is 1. The summed E-state index contributed by atoms with van der Waals surface area (Å²) in [6.45, 7) is 2.68. The minimum atomic E-state index is -0.0657. The Morgan fingerprint density at radius 2 is 1.64 bits per heavy atom. The second-order valence-corrected chi connectivity index (χ2v) is 10.2. The Morgan fingerprint density at radius 3 is 2.29 bits per heavy atom. The molecule has 2 unspecified atom stereocenters. The van der Waals surface area contributed by atoms with Crippen molar-refractivity contribution in [2.24, 2.45) is 23.7 Å². The van der Waals surface area contributed by atoms with E-state index in [-0.39, 0.29) is 29.5 Å². The van der Waals surface area contributed by atoms with Crippen molar-refractivity contribution in [3.63, 3.8) is 0 Å². The smallest absolute Gasteiger partial charge is 0.315 e. The van der Waals surface area contributed by atoms with Crippen molar-refractivity contribution >= 4 is 12.0 Å². The van der Waals surface area contributed by atoms with E-state index in [4.69, 9.17) is 4.74 Å². The monoisotopic (exact) mass is 390 g/mol. The fourth-order valence-electron chi connectivity index (χ4n) is 6.90. The number of hydrogen-bond donors (Lipinski definition) is 2. The molecule has 0 aromatic heterocycles. The molecule has 158 valence electrons. The number of carbonyl (C=O) groups excluding carboxylic acids is 2. The van der Waals surface area contributed by atoms with Gasteiger partial charge in [0.2, 0.25) is 0 Å². The highest BCUT2D eigenvalue weighted by molar-refractivity contribution is 5.76. The first-order valence-electron chi connectivity index (χ1n) is 11.8. The standard InChI is InChI=1S/C23H38N2O3/c1-2-3-4-8-28-21(26)19-6-5-7-20(12-19)24-22(27)25-23-13-16-9-17(14-23)11-18(10-16)15-23/h16-20H,2-15H2,1H3,(H2,24,25,27). The van der Waals surface area contributed by atoms with Crippen LogP contribution in [0.5, 0.6) is 0 Å². The number of unbranched alkanes of at least 4 members (excludes halogenated alkanes) is 2. The third-order valence-electron chi connectivity index (χ3n) is 7.75. The molecule has 5 nitrogen and oxygen atoms in total. The molecule has 5 aliphatic rings. The molecule has 0 aromatic carbocycles. The lowest BCUT2D eigenvalue weighted by Crippen LogP contribution is -2.62. The zero-order chi connectivity index (χ0) is 19.6. The van der Waals surface area contributed by atoms with E-state index in [9.17, 15) is 9.59 Å². The highest BCUT2D eigenvalue weighted by Gasteiger charge is 2.51. The van der Waals surface area contributed by atoms with E-state index in [0.29, 0.717) is 6.61 Å². The topological polar surface area (TPSA) is 67.4 Å². The second-order valence-electron chi connectivity index (χ2n) is 10.2. The number of amides is 2. The largest absolute Gasteiger partial charge is 0.465 e. The van der Waals surface area contributed by atoms with Gasteiger partial charge in [0.15, 0.2) is 0 Å². The molecule has 0 spiro atoms. The van der Waals surface area contributed by atoms with Crippen LogP contribution in [-0.2, 0) is 9.53 Å². The SMILES string of the molecule is CCCCCOC(=O)C1CCCC(NC(=O)NC23CC4CC(CC(C4)C2)C3)C1. The normalized spacial score (nSPS) is 38.8. The van der Waals surface area contributed by atoms with Crippen molar-refractivity contribution in [1.82, 2.24) is 10.6 Å². The zero-order valence-corrected chi connectivity index (χ0v) is 17.5. The van der Waals surface area contributed by atoms with Gasteiger partial charge in [0, 0.05) is 11.6 Å². The molecular weight excluding hydrogens is 352 g/mol. The van der Waals surface area contributed by atoms with Gasteiger partial charge in [0.1, 0.15) is 0 Å². The molecule has 2 atom stereocenters. The molecule has 5 rings (SSSR count). The molecule has 5 fully saturated rings. The second kappa shape index (κ2) is 8.62. The first kappa shape index (κ1) is 20.0. The van der Waals surface area contributed by atoms with Crippen molar-refractivity contribution < 1.29 is 14.3 Å². The number of urea groups is 1. The third-order valence-corrected chi connectivity index (χ3v) is 7.75. The predicted octanol–water partition coefficient (Wildman–Crippen LogP) is 4.55. The molecule has 4 bridgehead atoms. The van der Waals surface area contributed by atoms with Gasteiger partial charge >= 0.3 is 12.0 Å². The first-order chi connectivity index (χ1) is 13.5. The van der Waals surface area contributed by atoms with Gasteiger partial charge in [-0.05, 0) is 82.0 Å². The lowest BCUT2D eigenvalue weighted by Gasteiger charge is -2.56. The molecule has 0 heterocycles. The summed E-state index contributed by atoms with van der Waals surface area (Å²) in [4.78, 5) is 25.1. The summed E-state index contributed by atoms with van der Waals surface area (Å²) in [5.74, 6) is 2.36. The van der Waals surface area contributed by atoms with Crippen LogP contribution in [0.1, 0.15) is 90.4 Å². The van der Waals surface area contributed by atoms with Gasteiger partial charge in [-0.3, -0.25) is 4.79 Å². The molecule has 0 aromatic rings. The van der Waals surface area contributed by atoms with Gasteiger partial charge in [0.25, 0.3) is 0 Å². The number of nitrogens with one attached hydrogen (secondary N) is 2. The van der Waals surface area contributed by atoms with Gasteiger partial charge < -0.3 is 15.4 Å². The summed E-state index contributed by atoms with van der Waals surface area (Å²) in [6, 6.07) is 0.0831. The molecule has 2 N–H and O–H groups in total. The van der Waals surface area contributed by atoms with Gasteiger partial charge in [0.05, 0.1) is 12.5 Å². The van der Waals surface area contributed by atoms with Crippen LogP contribution in [0, 0.1) is 23.7 Å². The predicted molar refractivity (Wildman–Crippen MR) is 109 cm³/mol. The lowest BCUT2D eigenvalue weighted by molar-refractivity contribution is -0.150. The molecule has 0 aliphatic heterocycles. The molecule has 5 aliphatic carbocycles. The van der Waals surface area contributed by atoms with Gasteiger partial charge in [-0.25, -0.2) is 4.79 Å². The van der Waals surface area contributed by atoms with Crippen LogP contribution >= 0.6 is 0 Å². The molecule has 0 radical (unpaired) electrons. The number of carbonyl (C=O) groups is 2. The average molecular weight is 391 g/mol. The number of esters is 1. The lowest BCUT2D eigenvalue weighted by atomic mass is 9.53. The van der Waals surface area contributed by atoms with E-state index in [1.54, 1.807) is 0 Å². The van der Waals surface area contributed by atoms with Gasteiger partial charge in [-0.2, -0.15) is 0 Å². The zero-order valence-electron chi connectivity index (χ0n) is 17.5. The van der Waals surface area contributed by atoms with Crippen molar-refractivity contribution in [3.8, 4) is 0 Å². The third kappa shape index (κ3) is 4.65. The Balaban J connectivity index is 1.24. The Kier molecular flexibility index (Phi) is 6.17. The van der Waals surface area contributed by atoms with Crippen LogP contribution in [0.2, 0.25) is 0 Å². The summed E-state index contributed by atoms with van der Waals surface area (Å²) < 4.78 is 5.46. The maximum absolute atomic E-state index is 12.8. The van der Waals surface area contributed by atoms with Crippen molar-refractivity contribution in [3.05, 3.63) is 0 Å². The molecule has 5 heteroatoms. The van der Waals surface area contributed by atoms with Gasteiger partial charge in [-0.15, -0.1) is 0 Å². The Labute approximate surface area is 169 Å². The average Bonchev–Trinajstić information content (AvgIpc) is 2.63. The number of rotatable bonds is 7. The van der Waals surface area contributed by atoms with Crippen LogP contribution in [0.15, 0.2) is 0 Å². The highest BCUT2D eigenvalue weighted by atomic mass is 16.5. The van der Waals surface area contributed by atoms with Crippen LogP contribution in [0.25, 0.3) is 0 Å². The summed E-state index contributed by atoms with van der Waals surface area (Å²) in [7, 11) is 0. The maximum atomic E-state index is 12.8. The van der Waals surface area contributed by atoms with Crippen molar-refractivity contribution in [1.29, 1.82) is 0 Å². The fraction of sp³-hybridized carbons (Fsp3) is 0.913. The van der Waals surface area contributed by atoms with Crippen molar-refractivity contribution in [2.45, 2.75) is 102 Å². The quantitative estimate of drug-likeness (QED) is 0.495. The van der Waals surface area contributed by atoms with Crippen LogP contribution in [0.3, 0.4) is 0 Å². The minimum absolute atomic E-state index is 0.0103. The molecule has 2 amide bonds. The highest BCUT2D eigenvalue weighted by Crippen LogP contribution is 2.55. The van der Waals surface area contributed by atoms with E-state index in [1.807, 2.05) is 0 Å². The summed E-state index contributed by atoms with van der Waals surface area (Å²) in [5, 5.41) is 6.60. The van der Waals surface area contributed by atoms with E-state index < -0.39 is 0 Å². The van der Waals surface area contributed by atoms with Gasteiger partial charge in [-0.1, -0.05) is 26.2 Å². The molecule has 0 saturated heterocycles. The summed E-state index contributed by atoms with van der Waals surface area (Å²) in [6.07, 6.45) is 14.4. The minimum Gasteiger partial charge on any atom is -0.465 e. The van der Waals surface area contributed by atoms with E-state index in [2.05, 4.69) is 17.6 Å². The first-order valence-corrected chi connectivity index (χ1v) is 11.8. The summed E-state index contributed by atoms with van der Waals surface area (Å²) in [5.41, 5.74) is 0.0467. The number of hydrogen-bond acceptors (Lipinski definition) is 3. The van der Waals surface area contributed by atoms with E-state index in [1.165, 1.54) is 38.5 Å². The maximum Gasteiger partial charge on any atom is 0.315 e. The van der Waals surface area contributed by atoms with E-state index in [0.717, 1.165) is 62.7 Å². The van der Waals surface area contributed by atoms with Crippen LogP contribution in [0.4, 0.5) is 4.79 Å². The molecule has 5 saturated carbocycles.